The van der Waals surface area contributed by atoms with Gasteiger partial charge in [0.05, 0.1) is 6.54 Å². The van der Waals surface area contributed by atoms with Crippen LogP contribution in [0.3, 0.4) is 0 Å². The lowest BCUT2D eigenvalue weighted by Gasteiger charge is -2.22. The van der Waals surface area contributed by atoms with E-state index in [1.807, 2.05) is 0 Å². The number of aromatic nitrogens is 3. The van der Waals surface area contributed by atoms with Crippen LogP contribution in [0.5, 0.6) is 0 Å². The van der Waals surface area contributed by atoms with Crippen LogP contribution in [0, 0.1) is 6.92 Å². The fraction of sp³-hybridized carbons (Fsp3) is 0.778. The third kappa shape index (κ3) is 2.64. The molecular formula is C9H17N5O2S. The maximum atomic E-state index is 12.1. The first-order chi connectivity index (χ1) is 8.00. The molecule has 0 aliphatic carbocycles. The summed E-state index contributed by atoms with van der Waals surface area (Å²) in [4.78, 5) is 4.10. The lowest BCUT2D eigenvalue weighted by molar-refractivity contribution is 0.387. The topological polar surface area (TPSA) is 82.2 Å². The third-order valence-corrected chi connectivity index (χ3v) is 4.73. The molecule has 1 fully saturated rings. The van der Waals surface area contributed by atoms with Gasteiger partial charge in [-0.05, 0) is 19.8 Å². The molecule has 0 unspecified atom stereocenters. The van der Waals surface area contributed by atoms with E-state index in [4.69, 9.17) is 0 Å². The van der Waals surface area contributed by atoms with Crippen LogP contribution in [0.4, 0.5) is 0 Å². The monoisotopic (exact) mass is 259 g/mol. The van der Waals surface area contributed by atoms with Crippen molar-refractivity contribution in [3.63, 3.8) is 0 Å². The van der Waals surface area contributed by atoms with Crippen molar-refractivity contribution in [2.45, 2.75) is 26.3 Å². The zero-order valence-corrected chi connectivity index (χ0v) is 10.9. The van der Waals surface area contributed by atoms with Crippen molar-refractivity contribution >= 4 is 10.2 Å². The highest BCUT2D eigenvalue weighted by Crippen LogP contribution is 2.16. The highest BCUT2D eigenvalue weighted by Gasteiger charge is 2.29. The molecule has 1 N–H and O–H groups in total. The SMILES string of the molecule is Cc1nc(CN(C)S(=O)(=O)N2CCCC2)n[nH]1. The summed E-state index contributed by atoms with van der Waals surface area (Å²) in [5.74, 6) is 1.18. The van der Waals surface area contributed by atoms with Gasteiger partial charge in [0.25, 0.3) is 10.2 Å². The molecule has 0 atom stereocenters. The van der Waals surface area contributed by atoms with E-state index in [0.29, 0.717) is 24.7 Å². The van der Waals surface area contributed by atoms with Gasteiger partial charge in [-0.3, -0.25) is 5.10 Å². The molecule has 2 rings (SSSR count). The first-order valence-corrected chi connectivity index (χ1v) is 6.99. The molecular weight excluding hydrogens is 242 g/mol. The Morgan fingerprint density at radius 2 is 2.06 bits per heavy atom. The Labute approximate surface area is 101 Å². The van der Waals surface area contributed by atoms with Crippen LogP contribution >= 0.6 is 0 Å². The van der Waals surface area contributed by atoms with Crippen molar-refractivity contribution in [3.05, 3.63) is 11.6 Å². The zero-order chi connectivity index (χ0) is 12.5. The van der Waals surface area contributed by atoms with Crippen LogP contribution in [-0.4, -0.2) is 52.3 Å². The molecule has 0 amide bonds. The molecule has 1 aliphatic heterocycles. The van der Waals surface area contributed by atoms with E-state index in [1.165, 1.54) is 8.61 Å². The predicted molar refractivity (Wildman–Crippen MR) is 62.3 cm³/mol. The average molecular weight is 259 g/mol. The van der Waals surface area contributed by atoms with Gasteiger partial charge in [-0.25, -0.2) is 4.98 Å². The van der Waals surface area contributed by atoms with Crippen LogP contribution in [-0.2, 0) is 16.8 Å². The first-order valence-electron chi connectivity index (χ1n) is 5.59. The summed E-state index contributed by atoms with van der Waals surface area (Å²) in [6.45, 7) is 3.20. The second-order valence-electron chi connectivity index (χ2n) is 4.21. The Bertz CT molecular complexity index is 477. The van der Waals surface area contributed by atoms with Gasteiger partial charge in [0.15, 0.2) is 5.82 Å². The fourth-order valence-corrected chi connectivity index (χ4v) is 3.25. The second kappa shape index (κ2) is 4.71. The molecule has 1 aromatic heterocycles. The summed E-state index contributed by atoms with van der Waals surface area (Å²) in [5.41, 5.74) is 0. The predicted octanol–water partition coefficient (Wildman–Crippen LogP) is -0.114. The summed E-state index contributed by atoms with van der Waals surface area (Å²) in [5, 5.41) is 6.63. The van der Waals surface area contributed by atoms with Gasteiger partial charge in [-0.15, -0.1) is 0 Å². The van der Waals surface area contributed by atoms with Crippen LogP contribution in [0.2, 0.25) is 0 Å². The second-order valence-corrected chi connectivity index (χ2v) is 6.24. The Kier molecular flexibility index (Phi) is 3.45. The van der Waals surface area contributed by atoms with E-state index in [2.05, 4.69) is 15.2 Å². The number of aromatic amines is 1. The first kappa shape index (κ1) is 12.5. The molecule has 17 heavy (non-hydrogen) atoms. The summed E-state index contributed by atoms with van der Waals surface area (Å²) in [6, 6.07) is 0. The van der Waals surface area contributed by atoms with E-state index in [1.54, 1.807) is 14.0 Å². The Balaban J connectivity index is 2.06. The van der Waals surface area contributed by atoms with Crippen molar-refractivity contribution in [2.75, 3.05) is 20.1 Å². The normalized spacial score (nSPS) is 18.1. The number of hydrogen-bond donors (Lipinski definition) is 1. The van der Waals surface area contributed by atoms with E-state index in [9.17, 15) is 8.42 Å². The highest BCUT2D eigenvalue weighted by atomic mass is 32.2. The van der Waals surface area contributed by atoms with Crippen molar-refractivity contribution < 1.29 is 8.42 Å². The molecule has 0 aromatic carbocycles. The van der Waals surface area contributed by atoms with Crippen LogP contribution in [0.1, 0.15) is 24.5 Å². The summed E-state index contributed by atoms with van der Waals surface area (Å²) < 4.78 is 27.1. The van der Waals surface area contributed by atoms with Gasteiger partial charge < -0.3 is 0 Å². The van der Waals surface area contributed by atoms with Gasteiger partial charge in [0.2, 0.25) is 0 Å². The number of rotatable bonds is 4. The van der Waals surface area contributed by atoms with Crippen molar-refractivity contribution in [3.8, 4) is 0 Å². The molecule has 1 aromatic rings. The molecule has 0 bridgehead atoms. The van der Waals surface area contributed by atoms with E-state index in [-0.39, 0.29) is 6.54 Å². The quantitative estimate of drug-likeness (QED) is 0.817. The highest BCUT2D eigenvalue weighted by molar-refractivity contribution is 7.86. The maximum Gasteiger partial charge on any atom is 0.282 e. The maximum absolute atomic E-state index is 12.1. The number of hydrogen-bond acceptors (Lipinski definition) is 4. The molecule has 7 nitrogen and oxygen atoms in total. The van der Waals surface area contributed by atoms with Gasteiger partial charge in [-0.1, -0.05) is 0 Å². The Morgan fingerprint density at radius 1 is 1.41 bits per heavy atom. The molecule has 0 spiro atoms. The van der Waals surface area contributed by atoms with Crippen molar-refractivity contribution in [1.82, 2.24) is 23.8 Å². The number of nitrogens with one attached hydrogen (secondary N) is 1. The largest absolute Gasteiger partial charge is 0.282 e. The third-order valence-electron chi connectivity index (χ3n) is 2.79. The molecule has 2 heterocycles. The smallest absolute Gasteiger partial charge is 0.263 e. The summed E-state index contributed by atoms with van der Waals surface area (Å²) >= 11 is 0. The summed E-state index contributed by atoms with van der Waals surface area (Å²) in [6.07, 6.45) is 1.87. The zero-order valence-electron chi connectivity index (χ0n) is 10.0. The summed E-state index contributed by atoms with van der Waals surface area (Å²) in [7, 11) is -1.80. The minimum absolute atomic E-state index is 0.198. The minimum Gasteiger partial charge on any atom is -0.263 e. The molecule has 0 radical (unpaired) electrons. The van der Waals surface area contributed by atoms with E-state index in [0.717, 1.165) is 12.8 Å². The molecule has 96 valence electrons. The molecule has 1 aliphatic rings. The lowest BCUT2D eigenvalue weighted by Crippen LogP contribution is -2.40. The fourth-order valence-electron chi connectivity index (χ4n) is 1.86. The van der Waals surface area contributed by atoms with Crippen LogP contribution < -0.4 is 0 Å². The number of aryl methyl sites for hydroxylation is 1. The van der Waals surface area contributed by atoms with Crippen LogP contribution in [0.15, 0.2) is 0 Å². The average Bonchev–Trinajstić information content (AvgIpc) is 2.89. The molecule has 8 heteroatoms. The van der Waals surface area contributed by atoms with Gasteiger partial charge in [-0.2, -0.15) is 22.1 Å². The number of nitrogens with zero attached hydrogens (tertiary/aromatic N) is 4. The van der Waals surface area contributed by atoms with E-state index >= 15 is 0 Å². The van der Waals surface area contributed by atoms with Crippen molar-refractivity contribution in [1.29, 1.82) is 0 Å². The Hall–Kier alpha value is -0.990. The van der Waals surface area contributed by atoms with Gasteiger partial charge in [0.1, 0.15) is 5.82 Å². The molecule has 0 saturated carbocycles. The van der Waals surface area contributed by atoms with Crippen LogP contribution in [0.25, 0.3) is 0 Å². The van der Waals surface area contributed by atoms with Crippen molar-refractivity contribution in [2.24, 2.45) is 0 Å². The van der Waals surface area contributed by atoms with Gasteiger partial charge >= 0.3 is 0 Å². The Morgan fingerprint density at radius 3 is 2.59 bits per heavy atom. The van der Waals surface area contributed by atoms with E-state index < -0.39 is 10.2 Å². The molecule has 1 saturated heterocycles. The minimum atomic E-state index is -3.35. The number of H-pyrrole nitrogens is 1. The van der Waals surface area contributed by atoms with Gasteiger partial charge in [0, 0.05) is 20.1 Å². The standard InChI is InChI=1S/C9H17N5O2S/c1-8-10-9(12-11-8)7-13(2)17(15,16)14-5-3-4-6-14/h3-7H2,1-2H3,(H,10,11,12). The lowest BCUT2D eigenvalue weighted by atomic mass is 10.4.